The number of amides is 1. The van der Waals surface area contributed by atoms with E-state index in [1.807, 2.05) is 0 Å². The van der Waals surface area contributed by atoms with Gasteiger partial charge in [-0.3, -0.25) is 9.52 Å². The summed E-state index contributed by atoms with van der Waals surface area (Å²) in [6.07, 6.45) is 0.444. The first-order chi connectivity index (χ1) is 12.8. The van der Waals surface area contributed by atoms with Crippen molar-refractivity contribution in [3.63, 3.8) is 0 Å². The zero-order valence-electron chi connectivity index (χ0n) is 14.1. The minimum atomic E-state index is -3.85. The van der Waals surface area contributed by atoms with E-state index in [0.29, 0.717) is 23.7 Å². The van der Waals surface area contributed by atoms with Crippen molar-refractivity contribution < 1.29 is 23.1 Å². The number of hydrogen-bond acceptors (Lipinski definition) is 5. The molecule has 1 amide bonds. The van der Waals surface area contributed by atoms with Gasteiger partial charge < -0.3 is 15.2 Å². The number of benzene rings is 2. The van der Waals surface area contributed by atoms with E-state index in [1.165, 1.54) is 30.3 Å². The lowest BCUT2D eigenvalue weighted by atomic mass is 10.3. The topological polar surface area (TPSA) is 105 Å². The Morgan fingerprint density at radius 2 is 1.81 bits per heavy atom. The second kappa shape index (κ2) is 9.80. The normalized spacial score (nSPS) is 11.1. The first-order valence-electron chi connectivity index (χ1n) is 7.90. The minimum absolute atomic E-state index is 0.0209. The lowest BCUT2D eigenvalue weighted by Crippen LogP contribution is -2.30. The van der Waals surface area contributed by atoms with Crippen LogP contribution in [0.1, 0.15) is 6.42 Å². The van der Waals surface area contributed by atoms with Crippen molar-refractivity contribution in [2.45, 2.75) is 11.3 Å². The van der Waals surface area contributed by atoms with Gasteiger partial charge in [-0.15, -0.1) is 0 Å². The van der Waals surface area contributed by atoms with Crippen LogP contribution in [0.5, 0.6) is 5.75 Å². The summed E-state index contributed by atoms with van der Waals surface area (Å²) >= 11 is 11.8. The number of aliphatic hydroxyl groups excluding tert-OH is 1. The fraction of sp³-hybridized carbons (Fsp3) is 0.235. The highest BCUT2D eigenvalue weighted by Gasteiger charge is 2.17. The zero-order valence-corrected chi connectivity index (χ0v) is 16.4. The molecule has 2 rings (SSSR count). The average Bonchev–Trinajstić information content (AvgIpc) is 2.62. The molecule has 0 atom stereocenters. The summed E-state index contributed by atoms with van der Waals surface area (Å²) in [7, 11) is -3.85. The van der Waals surface area contributed by atoms with Crippen LogP contribution in [-0.4, -0.2) is 39.2 Å². The summed E-state index contributed by atoms with van der Waals surface area (Å²) in [6.45, 7) is 0.0349. The lowest BCUT2D eigenvalue weighted by Gasteiger charge is -2.11. The third kappa shape index (κ3) is 6.59. The van der Waals surface area contributed by atoms with Crippen molar-refractivity contribution in [1.82, 2.24) is 5.32 Å². The molecule has 10 heteroatoms. The van der Waals surface area contributed by atoms with Crippen molar-refractivity contribution in [3.05, 3.63) is 52.5 Å². The molecule has 0 heterocycles. The van der Waals surface area contributed by atoms with E-state index in [1.54, 1.807) is 12.1 Å². The molecular weight excluding hydrogens is 415 g/mol. The van der Waals surface area contributed by atoms with Gasteiger partial charge in [0.1, 0.15) is 5.75 Å². The Morgan fingerprint density at radius 1 is 1.11 bits per heavy atom. The second-order valence-corrected chi connectivity index (χ2v) is 7.95. The molecule has 0 radical (unpaired) electrons. The number of carbonyl (C=O) groups excluding carboxylic acids is 1. The van der Waals surface area contributed by atoms with Crippen molar-refractivity contribution in [3.8, 4) is 5.75 Å². The number of anilines is 1. The standard InChI is InChI=1S/C17H18Cl2N2O5S/c18-12-2-4-13(5-3-12)21-27(24,25)14-6-7-16(15(19)10-14)26-11-17(23)20-8-1-9-22/h2-7,10,21-22H,1,8-9,11H2,(H,20,23). The maximum Gasteiger partial charge on any atom is 0.261 e. The van der Waals surface area contributed by atoms with Gasteiger partial charge in [0.05, 0.1) is 9.92 Å². The molecule has 27 heavy (non-hydrogen) atoms. The Labute approximate surface area is 167 Å². The van der Waals surface area contributed by atoms with Crippen LogP contribution in [0.2, 0.25) is 10.0 Å². The molecule has 0 spiro atoms. The monoisotopic (exact) mass is 432 g/mol. The molecule has 3 N–H and O–H groups in total. The largest absolute Gasteiger partial charge is 0.482 e. The molecule has 7 nitrogen and oxygen atoms in total. The van der Waals surface area contributed by atoms with Crippen molar-refractivity contribution in [1.29, 1.82) is 0 Å². The van der Waals surface area contributed by atoms with E-state index in [-0.39, 0.29) is 34.8 Å². The molecular formula is C17H18Cl2N2O5S. The number of sulfonamides is 1. The van der Waals surface area contributed by atoms with Crippen LogP contribution in [0.4, 0.5) is 5.69 Å². The van der Waals surface area contributed by atoms with Crippen LogP contribution < -0.4 is 14.8 Å². The Bertz CT molecular complexity index is 889. The highest BCUT2D eigenvalue weighted by molar-refractivity contribution is 7.92. The summed E-state index contributed by atoms with van der Waals surface area (Å²) in [5, 5.41) is 11.8. The number of carbonyl (C=O) groups is 1. The summed E-state index contributed by atoms with van der Waals surface area (Å²) in [4.78, 5) is 11.5. The smallest absolute Gasteiger partial charge is 0.261 e. The Morgan fingerprint density at radius 3 is 2.44 bits per heavy atom. The predicted molar refractivity (Wildman–Crippen MR) is 104 cm³/mol. The van der Waals surface area contributed by atoms with Gasteiger partial charge in [-0.25, -0.2) is 8.42 Å². The molecule has 0 saturated heterocycles. The van der Waals surface area contributed by atoms with Crippen molar-refractivity contribution in [2.75, 3.05) is 24.5 Å². The molecule has 0 fully saturated rings. The SMILES string of the molecule is O=C(COc1ccc(S(=O)(=O)Nc2ccc(Cl)cc2)cc1Cl)NCCCO. The van der Waals surface area contributed by atoms with Crippen molar-refractivity contribution in [2.24, 2.45) is 0 Å². The average molecular weight is 433 g/mol. The molecule has 0 aliphatic heterocycles. The summed E-state index contributed by atoms with van der Waals surface area (Å²) in [5.41, 5.74) is 0.357. The van der Waals surface area contributed by atoms with E-state index in [9.17, 15) is 13.2 Å². The summed E-state index contributed by atoms with van der Waals surface area (Å²) in [5.74, 6) is -0.194. The Kier molecular flexibility index (Phi) is 7.73. The maximum absolute atomic E-state index is 12.4. The van der Waals surface area contributed by atoms with Crippen molar-refractivity contribution >= 4 is 44.8 Å². The number of hydrogen-bond donors (Lipinski definition) is 3. The Hall–Kier alpha value is -2.00. The van der Waals surface area contributed by atoms with E-state index >= 15 is 0 Å². The number of rotatable bonds is 9. The van der Waals surface area contributed by atoms with Gasteiger partial charge >= 0.3 is 0 Å². The molecule has 0 aliphatic carbocycles. The first-order valence-corrected chi connectivity index (χ1v) is 10.1. The van der Waals surface area contributed by atoms with Gasteiger partial charge in [-0.1, -0.05) is 23.2 Å². The van der Waals surface area contributed by atoms with Crippen LogP contribution >= 0.6 is 23.2 Å². The third-order valence-corrected chi connectivity index (χ3v) is 5.25. The number of aliphatic hydroxyl groups is 1. The van der Waals surface area contributed by atoms with Gasteiger partial charge in [0.2, 0.25) is 0 Å². The highest BCUT2D eigenvalue weighted by Crippen LogP contribution is 2.28. The summed E-state index contributed by atoms with van der Waals surface area (Å²) in [6, 6.07) is 10.1. The van der Waals surface area contributed by atoms with Gasteiger partial charge in [0.15, 0.2) is 6.61 Å². The third-order valence-electron chi connectivity index (χ3n) is 3.33. The quantitative estimate of drug-likeness (QED) is 0.528. The van der Waals surface area contributed by atoms with Gasteiger partial charge in [-0.05, 0) is 48.9 Å². The Balaban J connectivity index is 2.02. The van der Waals surface area contributed by atoms with E-state index in [0.717, 1.165) is 0 Å². The van der Waals surface area contributed by atoms with Crippen LogP contribution in [-0.2, 0) is 14.8 Å². The molecule has 2 aromatic carbocycles. The number of nitrogens with one attached hydrogen (secondary N) is 2. The lowest BCUT2D eigenvalue weighted by molar-refractivity contribution is -0.123. The van der Waals surface area contributed by atoms with Crippen LogP contribution in [0.25, 0.3) is 0 Å². The maximum atomic E-state index is 12.4. The molecule has 0 unspecified atom stereocenters. The molecule has 0 aromatic heterocycles. The fourth-order valence-corrected chi connectivity index (χ4v) is 3.51. The fourth-order valence-electron chi connectivity index (χ4n) is 2.00. The van der Waals surface area contributed by atoms with E-state index < -0.39 is 10.0 Å². The predicted octanol–water partition coefficient (Wildman–Crippen LogP) is 2.67. The first kappa shape index (κ1) is 21.3. The minimum Gasteiger partial charge on any atom is -0.482 e. The molecule has 0 aliphatic rings. The van der Waals surface area contributed by atoms with E-state index in [4.69, 9.17) is 33.0 Å². The van der Waals surface area contributed by atoms with Gasteiger partial charge in [-0.2, -0.15) is 0 Å². The molecule has 0 bridgehead atoms. The van der Waals surface area contributed by atoms with Crippen LogP contribution in [0, 0.1) is 0 Å². The molecule has 146 valence electrons. The van der Waals surface area contributed by atoms with Gasteiger partial charge in [0.25, 0.3) is 15.9 Å². The van der Waals surface area contributed by atoms with Gasteiger partial charge in [0, 0.05) is 23.9 Å². The second-order valence-electron chi connectivity index (χ2n) is 5.42. The molecule has 2 aromatic rings. The zero-order chi connectivity index (χ0) is 19.9. The number of ether oxygens (including phenoxy) is 1. The van der Waals surface area contributed by atoms with E-state index in [2.05, 4.69) is 10.0 Å². The van der Waals surface area contributed by atoms with Crippen LogP contribution in [0.15, 0.2) is 47.4 Å². The highest BCUT2D eigenvalue weighted by atomic mass is 35.5. The molecule has 0 saturated carbocycles. The summed E-state index contributed by atoms with van der Waals surface area (Å²) < 4.78 is 32.6. The number of halogens is 2. The van der Waals surface area contributed by atoms with Crippen LogP contribution in [0.3, 0.4) is 0 Å².